The SMILES string of the molecule is CC(CC(=O)c1ccco1)NC(=O)CNS(=O)(=O)C1CC1. The second-order valence-corrected chi connectivity index (χ2v) is 7.18. The Morgan fingerprint density at radius 2 is 2.14 bits per heavy atom. The molecule has 1 fully saturated rings. The van der Waals surface area contributed by atoms with Crippen LogP contribution in [0.4, 0.5) is 0 Å². The summed E-state index contributed by atoms with van der Waals surface area (Å²) in [7, 11) is -3.37. The number of carbonyl (C=O) groups is 2. The molecule has 0 spiro atoms. The lowest BCUT2D eigenvalue weighted by Crippen LogP contribution is -2.42. The minimum atomic E-state index is -3.37. The maximum absolute atomic E-state index is 11.8. The predicted octanol–water partition coefficient (Wildman–Crippen LogP) is 0.439. The highest BCUT2D eigenvalue weighted by Gasteiger charge is 2.35. The molecule has 0 aromatic carbocycles. The van der Waals surface area contributed by atoms with Crippen molar-refractivity contribution >= 4 is 21.7 Å². The maximum atomic E-state index is 11.8. The van der Waals surface area contributed by atoms with Gasteiger partial charge in [0.1, 0.15) is 0 Å². The van der Waals surface area contributed by atoms with E-state index in [9.17, 15) is 18.0 Å². The van der Waals surface area contributed by atoms with Crippen LogP contribution in [0.15, 0.2) is 22.8 Å². The van der Waals surface area contributed by atoms with Gasteiger partial charge in [0, 0.05) is 12.5 Å². The number of hydrogen-bond acceptors (Lipinski definition) is 5. The molecule has 1 aromatic heterocycles. The van der Waals surface area contributed by atoms with E-state index in [1.807, 2.05) is 0 Å². The van der Waals surface area contributed by atoms with E-state index in [0.717, 1.165) is 0 Å². The molecule has 21 heavy (non-hydrogen) atoms. The van der Waals surface area contributed by atoms with Crippen molar-refractivity contribution in [1.82, 2.24) is 10.0 Å². The van der Waals surface area contributed by atoms with Crippen LogP contribution in [-0.2, 0) is 14.8 Å². The molecule has 8 heteroatoms. The first kappa shape index (κ1) is 15.7. The lowest BCUT2D eigenvalue weighted by atomic mass is 10.1. The first-order valence-electron chi connectivity index (χ1n) is 6.73. The van der Waals surface area contributed by atoms with Gasteiger partial charge in [0.05, 0.1) is 18.1 Å². The molecule has 1 saturated carbocycles. The van der Waals surface area contributed by atoms with Crippen molar-refractivity contribution in [2.45, 2.75) is 37.5 Å². The van der Waals surface area contributed by atoms with Crippen molar-refractivity contribution in [3.63, 3.8) is 0 Å². The van der Waals surface area contributed by atoms with Gasteiger partial charge in [-0.2, -0.15) is 0 Å². The minimum absolute atomic E-state index is 0.0919. The van der Waals surface area contributed by atoms with Crippen LogP contribution in [0.25, 0.3) is 0 Å². The van der Waals surface area contributed by atoms with Crippen molar-refractivity contribution in [3.05, 3.63) is 24.2 Å². The minimum Gasteiger partial charge on any atom is -0.461 e. The van der Waals surface area contributed by atoms with E-state index in [1.54, 1.807) is 19.1 Å². The molecule has 0 aliphatic heterocycles. The molecule has 1 aliphatic rings. The first-order chi connectivity index (χ1) is 9.88. The molecule has 7 nitrogen and oxygen atoms in total. The zero-order valence-corrected chi connectivity index (χ0v) is 12.5. The number of carbonyl (C=O) groups excluding carboxylic acids is 2. The number of furan rings is 1. The molecule has 0 saturated heterocycles. The van der Waals surface area contributed by atoms with Crippen molar-refractivity contribution in [1.29, 1.82) is 0 Å². The standard InChI is InChI=1S/C13H18N2O5S/c1-9(7-11(16)12-3-2-6-20-12)15-13(17)8-14-21(18,19)10-4-5-10/h2-3,6,9-10,14H,4-5,7-8H2,1H3,(H,15,17). The summed E-state index contributed by atoms with van der Waals surface area (Å²) in [4.78, 5) is 23.4. The van der Waals surface area contributed by atoms with E-state index < -0.39 is 22.0 Å². The number of hydrogen-bond donors (Lipinski definition) is 2. The topological polar surface area (TPSA) is 105 Å². The molecule has 2 N–H and O–H groups in total. The summed E-state index contributed by atoms with van der Waals surface area (Å²) in [5.41, 5.74) is 0. The molecular formula is C13H18N2O5S. The third kappa shape index (κ3) is 4.68. The van der Waals surface area contributed by atoms with Crippen LogP contribution in [0.1, 0.15) is 36.7 Å². The Hall–Kier alpha value is -1.67. The number of rotatable bonds is 8. The smallest absolute Gasteiger partial charge is 0.235 e. The van der Waals surface area contributed by atoms with Gasteiger partial charge in [0.15, 0.2) is 11.5 Å². The molecule has 0 bridgehead atoms. The fourth-order valence-corrected chi connectivity index (χ4v) is 3.18. The summed E-state index contributed by atoms with van der Waals surface area (Å²) in [6, 6.07) is 2.77. The molecular weight excluding hydrogens is 296 g/mol. The van der Waals surface area contributed by atoms with E-state index in [2.05, 4.69) is 10.0 Å². The van der Waals surface area contributed by atoms with Crippen molar-refractivity contribution in [2.24, 2.45) is 0 Å². The number of sulfonamides is 1. The number of Topliss-reactive ketones (excluding diaryl/α,β-unsaturated/α-hetero) is 1. The molecule has 0 radical (unpaired) electrons. The Bertz CT molecular complexity index is 605. The Balaban J connectivity index is 1.73. The van der Waals surface area contributed by atoms with Gasteiger partial charge >= 0.3 is 0 Å². The second kappa shape index (κ2) is 6.40. The lowest BCUT2D eigenvalue weighted by molar-refractivity contribution is -0.120. The van der Waals surface area contributed by atoms with Crippen molar-refractivity contribution < 1.29 is 22.4 Å². The van der Waals surface area contributed by atoms with E-state index >= 15 is 0 Å². The number of nitrogens with one attached hydrogen (secondary N) is 2. The summed E-state index contributed by atoms with van der Waals surface area (Å²) in [5.74, 6) is -0.434. The predicted molar refractivity (Wildman–Crippen MR) is 75.2 cm³/mol. The lowest BCUT2D eigenvalue weighted by Gasteiger charge is -2.13. The number of ketones is 1. The third-order valence-electron chi connectivity index (χ3n) is 3.09. The monoisotopic (exact) mass is 314 g/mol. The van der Waals surface area contributed by atoms with Crippen molar-refractivity contribution in [3.8, 4) is 0 Å². The van der Waals surface area contributed by atoms with Crippen LogP contribution in [0, 0.1) is 0 Å². The molecule has 1 aliphatic carbocycles. The van der Waals surface area contributed by atoms with Crippen LogP contribution in [-0.4, -0.2) is 37.9 Å². The summed E-state index contributed by atoms with van der Waals surface area (Å²) in [6.07, 6.45) is 2.79. The summed E-state index contributed by atoms with van der Waals surface area (Å²) in [6.45, 7) is 1.37. The van der Waals surface area contributed by atoms with Gasteiger partial charge in [-0.1, -0.05) is 0 Å². The van der Waals surface area contributed by atoms with Crippen LogP contribution in [0.3, 0.4) is 0 Å². The Morgan fingerprint density at radius 3 is 2.71 bits per heavy atom. The summed E-state index contributed by atoms with van der Waals surface area (Å²) >= 11 is 0. The normalized spacial score (nSPS) is 16.4. The zero-order valence-electron chi connectivity index (χ0n) is 11.7. The third-order valence-corrected chi connectivity index (χ3v) is 4.99. The Kier molecular flexibility index (Phi) is 4.79. The Labute approximate surface area is 123 Å². The number of amides is 1. The van der Waals surface area contributed by atoms with Gasteiger partial charge in [-0.25, -0.2) is 13.1 Å². The second-order valence-electron chi connectivity index (χ2n) is 5.14. The first-order valence-corrected chi connectivity index (χ1v) is 8.27. The van der Waals surface area contributed by atoms with Crippen LogP contribution < -0.4 is 10.0 Å². The van der Waals surface area contributed by atoms with Gasteiger partial charge in [0.2, 0.25) is 15.9 Å². The van der Waals surface area contributed by atoms with E-state index in [-0.39, 0.29) is 29.8 Å². The zero-order chi connectivity index (χ0) is 15.5. The fraction of sp³-hybridized carbons (Fsp3) is 0.538. The van der Waals surface area contributed by atoms with Gasteiger partial charge < -0.3 is 9.73 Å². The van der Waals surface area contributed by atoms with Crippen LogP contribution in [0.2, 0.25) is 0 Å². The van der Waals surface area contributed by atoms with E-state index in [0.29, 0.717) is 12.8 Å². The maximum Gasteiger partial charge on any atom is 0.235 e. The van der Waals surface area contributed by atoms with Crippen LogP contribution >= 0.6 is 0 Å². The van der Waals surface area contributed by atoms with Gasteiger partial charge in [-0.05, 0) is 31.9 Å². The molecule has 1 amide bonds. The molecule has 1 unspecified atom stereocenters. The highest BCUT2D eigenvalue weighted by molar-refractivity contribution is 7.90. The highest BCUT2D eigenvalue weighted by atomic mass is 32.2. The average Bonchev–Trinajstić information content (AvgIpc) is 3.13. The van der Waals surface area contributed by atoms with Crippen molar-refractivity contribution in [2.75, 3.05) is 6.54 Å². The summed E-state index contributed by atoms with van der Waals surface area (Å²) in [5, 5.41) is 2.22. The van der Waals surface area contributed by atoms with E-state index in [4.69, 9.17) is 4.42 Å². The molecule has 1 heterocycles. The Morgan fingerprint density at radius 1 is 1.43 bits per heavy atom. The molecule has 1 aromatic rings. The molecule has 116 valence electrons. The van der Waals surface area contributed by atoms with Gasteiger partial charge in [0.25, 0.3) is 0 Å². The van der Waals surface area contributed by atoms with Gasteiger partial charge in [-0.15, -0.1) is 0 Å². The van der Waals surface area contributed by atoms with Crippen LogP contribution in [0.5, 0.6) is 0 Å². The molecule has 2 rings (SSSR count). The van der Waals surface area contributed by atoms with E-state index in [1.165, 1.54) is 6.26 Å². The quantitative estimate of drug-likeness (QED) is 0.677. The fourth-order valence-electron chi connectivity index (χ4n) is 1.86. The highest BCUT2D eigenvalue weighted by Crippen LogP contribution is 2.27. The van der Waals surface area contributed by atoms with Gasteiger partial charge in [-0.3, -0.25) is 9.59 Å². The largest absolute Gasteiger partial charge is 0.461 e. The summed E-state index contributed by atoms with van der Waals surface area (Å²) < 4.78 is 30.4. The molecule has 1 atom stereocenters. The average molecular weight is 314 g/mol.